The van der Waals surface area contributed by atoms with E-state index in [0.29, 0.717) is 34.8 Å². The van der Waals surface area contributed by atoms with Crippen LogP contribution in [0.3, 0.4) is 0 Å². The maximum absolute atomic E-state index is 12.7. The predicted molar refractivity (Wildman–Crippen MR) is 142 cm³/mol. The minimum atomic E-state index is -0.441. The number of carbonyl (C=O) groups is 1. The molecule has 0 radical (unpaired) electrons. The van der Waals surface area contributed by atoms with Gasteiger partial charge >= 0.3 is 0 Å². The third-order valence-electron chi connectivity index (χ3n) is 5.72. The molecular formula is C26H29BrN4O3S. The van der Waals surface area contributed by atoms with E-state index in [1.807, 2.05) is 31.2 Å². The number of fused-ring (bicyclic) bond motifs is 1. The number of thioether (sulfide) groups is 1. The Morgan fingerprint density at radius 2 is 1.97 bits per heavy atom. The van der Waals surface area contributed by atoms with Crippen LogP contribution >= 0.6 is 27.7 Å². The van der Waals surface area contributed by atoms with Gasteiger partial charge in [-0.3, -0.25) is 4.79 Å². The number of aryl methyl sites for hydroxylation is 1. The number of hydrogen-bond donors (Lipinski definition) is 1. The van der Waals surface area contributed by atoms with Crippen LogP contribution in [0.15, 0.2) is 57.3 Å². The zero-order chi connectivity index (χ0) is 25.1. The largest absolute Gasteiger partial charge is 0.493 e. The normalized spacial score (nSPS) is 15.0. The molecule has 0 fully saturated rings. The summed E-state index contributed by atoms with van der Waals surface area (Å²) in [6, 6.07) is 11.6. The van der Waals surface area contributed by atoms with Gasteiger partial charge in [0, 0.05) is 17.0 Å². The maximum atomic E-state index is 12.7. The van der Waals surface area contributed by atoms with E-state index < -0.39 is 6.04 Å². The lowest BCUT2D eigenvalue weighted by molar-refractivity contribution is -0.114. The number of carbonyl (C=O) groups excluding carboxylic acids is 1. The molecule has 0 aliphatic carbocycles. The second-order valence-electron chi connectivity index (χ2n) is 8.44. The molecule has 35 heavy (non-hydrogen) atoms. The standard InChI is InChI=1S/C26H29BrN4O3S/c1-6-11-35-26-29-25-28-16(3)22(17(4)32)23(31(25)30-26)19-12-20(27)24(21(13-19)33-5)34-14-18-9-7-15(2)8-10-18/h7-10,12-13,23H,6,11,14H2,1-5H3,(H,28,29,30). The van der Waals surface area contributed by atoms with Crippen molar-refractivity contribution < 1.29 is 14.3 Å². The number of aromatic nitrogens is 3. The minimum Gasteiger partial charge on any atom is -0.493 e. The fourth-order valence-corrected chi connectivity index (χ4v) is 5.29. The first-order valence-corrected chi connectivity index (χ1v) is 13.2. The van der Waals surface area contributed by atoms with Crippen LogP contribution in [0.2, 0.25) is 0 Å². The molecule has 2 aromatic carbocycles. The van der Waals surface area contributed by atoms with Gasteiger partial charge in [-0.05, 0) is 66.4 Å². The third-order valence-corrected chi connectivity index (χ3v) is 7.35. The number of nitrogens with zero attached hydrogens (tertiary/aromatic N) is 3. The molecule has 1 atom stereocenters. The van der Waals surface area contributed by atoms with Gasteiger partial charge in [-0.25, -0.2) is 4.68 Å². The van der Waals surface area contributed by atoms with E-state index in [-0.39, 0.29) is 5.78 Å². The number of halogens is 1. The number of allylic oxidation sites excluding steroid dienone is 2. The molecule has 4 rings (SSSR count). The lowest BCUT2D eigenvalue weighted by atomic mass is 9.93. The molecule has 2 heterocycles. The molecular weight excluding hydrogens is 528 g/mol. The fourth-order valence-electron chi connectivity index (χ4n) is 4.03. The fraction of sp³-hybridized carbons (Fsp3) is 0.346. The van der Waals surface area contributed by atoms with Crippen molar-refractivity contribution in [3.8, 4) is 11.5 Å². The summed E-state index contributed by atoms with van der Waals surface area (Å²) in [5, 5.41) is 8.67. The average Bonchev–Trinajstić information content (AvgIpc) is 3.23. The second-order valence-corrected chi connectivity index (χ2v) is 10.4. The van der Waals surface area contributed by atoms with Crippen molar-refractivity contribution in [2.45, 2.75) is 51.9 Å². The van der Waals surface area contributed by atoms with Gasteiger partial charge in [0.2, 0.25) is 11.1 Å². The first-order chi connectivity index (χ1) is 16.8. The number of anilines is 1. The van der Waals surface area contributed by atoms with Crippen LogP contribution in [0, 0.1) is 6.92 Å². The number of hydrogen-bond acceptors (Lipinski definition) is 7. The van der Waals surface area contributed by atoms with Crippen LogP contribution in [-0.4, -0.2) is 33.4 Å². The van der Waals surface area contributed by atoms with Crippen LogP contribution in [0.1, 0.15) is 49.9 Å². The molecule has 184 valence electrons. The molecule has 3 aromatic rings. The summed E-state index contributed by atoms with van der Waals surface area (Å²) in [5.74, 6) is 2.69. The summed E-state index contributed by atoms with van der Waals surface area (Å²) in [4.78, 5) is 17.4. The number of ketones is 1. The van der Waals surface area contributed by atoms with Gasteiger partial charge in [0.15, 0.2) is 17.3 Å². The monoisotopic (exact) mass is 556 g/mol. The van der Waals surface area contributed by atoms with Crippen molar-refractivity contribution in [3.05, 3.63) is 68.8 Å². The van der Waals surface area contributed by atoms with Crippen LogP contribution in [0.5, 0.6) is 11.5 Å². The van der Waals surface area contributed by atoms with E-state index in [0.717, 1.165) is 33.5 Å². The van der Waals surface area contributed by atoms with Crippen molar-refractivity contribution in [1.82, 2.24) is 14.8 Å². The molecule has 0 bridgehead atoms. The number of benzene rings is 2. The smallest absolute Gasteiger partial charge is 0.227 e. The maximum Gasteiger partial charge on any atom is 0.227 e. The van der Waals surface area contributed by atoms with Crippen molar-refractivity contribution >= 4 is 39.4 Å². The second kappa shape index (κ2) is 10.9. The Morgan fingerprint density at radius 3 is 2.63 bits per heavy atom. The summed E-state index contributed by atoms with van der Waals surface area (Å²) < 4.78 is 14.4. The SMILES string of the molecule is CCCSc1nc2n(n1)C(c1cc(Br)c(OCc3ccc(C)cc3)c(OC)c1)C(C(C)=O)=C(C)N2. The first-order valence-electron chi connectivity index (χ1n) is 11.5. The van der Waals surface area contributed by atoms with Gasteiger partial charge in [-0.15, -0.1) is 5.10 Å². The molecule has 0 saturated carbocycles. The van der Waals surface area contributed by atoms with Crippen molar-refractivity contribution in [1.29, 1.82) is 0 Å². The topological polar surface area (TPSA) is 78.3 Å². The zero-order valence-corrected chi connectivity index (χ0v) is 22.9. The molecule has 9 heteroatoms. The molecule has 1 aromatic heterocycles. The van der Waals surface area contributed by atoms with Gasteiger partial charge in [0.25, 0.3) is 0 Å². The molecule has 1 aliphatic rings. The molecule has 1 unspecified atom stereocenters. The van der Waals surface area contributed by atoms with E-state index in [1.165, 1.54) is 5.56 Å². The Balaban J connectivity index is 1.73. The number of nitrogens with one attached hydrogen (secondary N) is 1. The van der Waals surface area contributed by atoms with E-state index in [2.05, 4.69) is 52.2 Å². The highest BCUT2D eigenvalue weighted by Crippen LogP contribution is 2.43. The lowest BCUT2D eigenvalue weighted by Gasteiger charge is -2.28. The molecule has 0 saturated heterocycles. The van der Waals surface area contributed by atoms with Gasteiger partial charge in [0.1, 0.15) is 12.6 Å². The Hall–Kier alpha value is -2.78. The summed E-state index contributed by atoms with van der Waals surface area (Å²) in [5.41, 5.74) is 4.52. The Kier molecular flexibility index (Phi) is 7.86. The van der Waals surface area contributed by atoms with E-state index in [1.54, 1.807) is 30.5 Å². The van der Waals surface area contributed by atoms with E-state index in [4.69, 9.17) is 14.6 Å². The number of rotatable bonds is 9. The van der Waals surface area contributed by atoms with Crippen molar-refractivity contribution in [3.63, 3.8) is 0 Å². The Morgan fingerprint density at radius 1 is 1.23 bits per heavy atom. The lowest BCUT2D eigenvalue weighted by Crippen LogP contribution is -2.28. The summed E-state index contributed by atoms with van der Waals surface area (Å²) >= 11 is 5.27. The summed E-state index contributed by atoms with van der Waals surface area (Å²) in [6.45, 7) is 8.06. The average molecular weight is 558 g/mol. The molecule has 1 N–H and O–H groups in total. The van der Waals surface area contributed by atoms with E-state index >= 15 is 0 Å². The summed E-state index contributed by atoms with van der Waals surface area (Å²) in [6.07, 6.45) is 1.02. The predicted octanol–water partition coefficient (Wildman–Crippen LogP) is 6.32. The molecule has 0 spiro atoms. The van der Waals surface area contributed by atoms with Gasteiger partial charge in [-0.1, -0.05) is 48.5 Å². The van der Waals surface area contributed by atoms with Gasteiger partial charge < -0.3 is 14.8 Å². The van der Waals surface area contributed by atoms with Crippen LogP contribution in [0.4, 0.5) is 5.95 Å². The van der Waals surface area contributed by atoms with Gasteiger partial charge in [-0.2, -0.15) is 4.98 Å². The first kappa shape index (κ1) is 25.3. The highest BCUT2D eigenvalue weighted by atomic mass is 79.9. The number of Topliss-reactive ketones (excluding diaryl/α,β-unsaturated/α-hetero) is 1. The van der Waals surface area contributed by atoms with Crippen molar-refractivity contribution in [2.75, 3.05) is 18.2 Å². The minimum absolute atomic E-state index is 0.0290. The van der Waals surface area contributed by atoms with Crippen LogP contribution in [-0.2, 0) is 11.4 Å². The number of methoxy groups -OCH3 is 1. The quantitative estimate of drug-likeness (QED) is 0.309. The third kappa shape index (κ3) is 5.41. The van der Waals surface area contributed by atoms with Gasteiger partial charge in [0.05, 0.1) is 11.6 Å². The Bertz CT molecular complexity index is 1270. The Labute approximate surface area is 218 Å². The molecule has 0 amide bonds. The van der Waals surface area contributed by atoms with Crippen LogP contribution in [0.25, 0.3) is 0 Å². The molecule has 7 nitrogen and oxygen atoms in total. The highest BCUT2D eigenvalue weighted by molar-refractivity contribution is 9.10. The van der Waals surface area contributed by atoms with Crippen LogP contribution < -0.4 is 14.8 Å². The van der Waals surface area contributed by atoms with E-state index in [9.17, 15) is 4.79 Å². The molecule has 1 aliphatic heterocycles. The highest BCUT2D eigenvalue weighted by Gasteiger charge is 2.33. The zero-order valence-electron chi connectivity index (χ0n) is 20.5. The van der Waals surface area contributed by atoms with Crippen molar-refractivity contribution in [2.24, 2.45) is 0 Å². The number of ether oxygens (including phenoxy) is 2. The summed E-state index contributed by atoms with van der Waals surface area (Å²) in [7, 11) is 1.61.